The molecule has 1 aliphatic rings. The number of halogens is 1. The Morgan fingerprint density at radius 2 is 2.27 bits per heavy atom. The first-order valence-corrected chi connectivity index (χ1v) is 7.98. The average molecular weight is 300 g/mol. The third-order valence-electron chi connectivity index (χ3n) is 2.42. The molecule has 15 heavy (non-hydrogen) atoms. The largest absolute Gasteiger partial charge is 0.375 e. The molecular formula is C9H18BrNO3S. The highest BCUT2D eigenvalue weighted by molar-refractivity contribution is 9.09. The van der Waals surface area contributed by atoms with Crippen LogP contribution < -0.4 is 0 Å². The minimum atomic E-state index is -3.06. The van der Waals surface area contributed by atoms with Gasteiger partial charge in [-0.1, -0.05) is 29.3 Å². The van der Waals surface area contributed by atoms with Gasteiger partial charge in [-0.15, -0.1) is 0 Å². The Morgan fingerprint density at radius 1 is 1.53 bits per heavy atom. The zero-order chi connectivity index (χ0) is 11.3. The summed E-state index contributed by atoms with van der Waals surface area (Å²) in [5.41, 5.74) is 0. The SMILES string of the molecule is CCCCS(=O)(=O)N1CCOC(CBr)C1. The first kappa shape index (κ1) is 13.4. The lowest BCUT2D eigenvalue weighted by Crippen LogP contribution is -2.46. The van der Waals surface area contributed by atoms with Crippen molar-refractivity contribution >= 4 is 26.0 Å². The maximum Gasteiger partial charge on any atom is 0.214 e. The molecule has 1 aliphatic heterocycles. The zero-order valence-electron chi connectivity index (χ0n) is 8.99. The molecule has 0 aliphatic carbocycles. The molecule has 0 bridgehead atoms. The lowest BCUT2D eigenvalue weighted by atomic mass is 10.3. The predicted molar refractivity (Wildman–Crippen MR) is 63.8 cm³/mol. The van der Waals surface area contributed by atoms with Gasteiger partial charge in [-0.05, 0) is 6.42 Å². The summed E-state index contributed by atoms with van der Waals surface area (Å²) in [6, 6.07) is 0. The zero-order valence-corrected chi connectivity index (χ0v) is 11.4. The molecule has 0 N–H and O–H groups in total. The van der Waals surface area contributed by atoms with E-state index in [-0.39, 0.29) is 11.9 Å². The van der Waals surface area contributed by atoms with Gasteiger partial charge in [-0.3, -0.25) is 0 Å². The highest BCUT2D eigenvalue weighted by atomic mass is 79.9. The van der Waals surface area contributed by atoms with Gasteiger partial charge in [0.05, 0.1) is 18.5 Å². The Balaban J connectivity index is 2.54. The lowest BCUT2D eigenvalue weighted by Gasteiger charge is -2.31. The van der Waals surface area contributed by atoms with E-state index in [1.54, 1.807) is 4.31 Å². The summed E-state index contributed by atoms with van der Waals surface area (Å²) in [5.74, 6) is 0.262. The molecule has 1 fully saturated rings. The van der Waals surface area contributed by atoms with Crippen LogP contribution in [-0.2, 0) is 14.8 Å². The van der Waals surface area contributed by atoms with E-state index in [2.05, 4.69) is 15.9 Å². The van der Waals surface area contributed by atoms with Crippen molar-refractivity contribution in [3.63, 3.8) is 0 Å². The van der Waals surface area contributed by atoms with E-state index in [4.69, 9.17) is 4.74 Å². The first-order chi connectivity index (χ1) is 7.10. The molecule has 90 valence electrons. The fraction of sp³-hybridized carbons (Fsp3) is 1.00. The lowest BCUT2D eigenvalue weighted by molar-refractivity contribution is 0.0137. The number of ether oxygens (including phenoxy) is 1. The van der Waals surface area contributed by atoms with Crippen LogP contribution in [-0.4, -0.2) is 49.6 Å². The van der Waals surface area contributed by atoms with Crippen LogP contribution in [0.2, 0.25) is 0 Å². The summed E-state index contributed by atoms with van der Waals surface area (Å²) in [4.78, 5) is 0. The van der Waals surface area contributed by atoms with Crippen LogP contribution in [0.25, 0.3) is 0 Å². The van der Waals surface area contributed by atoms with Gasteiger partial charge in [-0.2, -0.15) is 4.31 Å². The van der Waals surface area contributed by atoms with Crippen molar-refractivity contribution in [1.29, 1.82) is 0 Å². The number of alkyl halides is 1. The van der Waals surface area contributed by atoms with Gasteiger partial charge in [0.25, 0.3) is 0 Å². The van der Waals surface area contributed by atoms with E-state index in [1.807, 2.05) is 6.92 Å². The molecule has 0 amide bonds. The minimum Gasteiger partial charge on any atom is -0.375 e. The second kappa shape index (κ2) is 6.18. The van der Waals surface area contributed by atoms with Crippen molar-refractivity contribution in [1.82, 2.24) is 4.31 Å². The van der Waals surface area contributed by atoms with Gasteiger partial charge in [0.1, 0.15) is 0 Å². The molecule has 1 heterocycles. The second-order valence-electron chi connectivity index (χ2n) is 3.67. The van der Waals surface area contributed by atoms with Gasteiger partial charge in [0.15, 0.2) is 0 Å². The smallest absolute Gasteiger partial charge is 0.214 e. The molecular weight excluding hydrogens is 282 g/mol. The molecule has 1 unspecified atom stereocenters. The van der Waals surface area contributed by atoms with Crippen LogP contribution in [0.1, 0.15) is 19.8 Å². The molecule has 1 saturated heterocycles. The molecule has 0 radical (unpaired) electrons. The maximum atomic E-state index is 11.9. The predicted octanol–water partition coefficient (Wildman–Crippen LogP) is 1.21. The highest BCUT2D eigenvalue weighted by Crippen LogP contribution is 2.13. The van der Waals surface area contributed by atoms with Crippen molar-refractivity contribution in [3.8, 4) is 0 Å². The van der Waals surface area contributed by atoms with E-state index in [0.29, 0.717) is 25.0 Å². The average Bonchev–Trinajstić information content (AvgIpc) is 2.26. The van der Waals surface area contributed by atoms with Crippen LogP contribution in [0.4, 0.5) is 0 Å². The fourth-order valence-electron chi connectivity index (χ4n) is 1.49. The number of unbranched alkanes of at least 4 members (excludes halogenated alkanes) is 1. The second-order valence-corrected chi connectivity index (χ2v) is 6.41. The Bertz CT molecular complexity index is 281. The fourth-order valence-corrected chi connectivity index (χ4v) is 3.54. The molecule has 6 heteroatoms. The molecule has 0 aromatic heterocycles. The van der Waals surface area contributed by atoms with E-state index in [9.17, 15) is 8.42 Å². The van der Waals surface area contributed by atoms with Crippen molar-refractivity contribution in [2.24, 2.45) is 0 Å². The molecule has 4 nitrogen and oxygen atoms in total. The van der Waals surface area contributed by atoms with Crippen molar-refractivity contribution in [2.45, 2.75) is 25.9 Å². The van der Waals surface area contributed by atoms with Crippen LogP contribution in [0.5, 0.6) is 0 Å². The molecule has 0 aromatic rings. The Kier molecular flexibility index (Phi) is 5.52. The van der Waals surface area contributed by atoms with Crippen LogP contribution in [0.3, 0.4) is 0 Å². The number of nitrogens with zero attached hydrogens (tertiary/aromatic N) is 1. The summed E-state index contributed by atoms with van der Waals surface area (Å²) in [5, 5.41) is 0.687. The topological polar surface area (TPSA) is 46.6 Å². The summed E-state index contributed by atoms with van der Waals surface area (Å²) >= 11 is 3.31. The van der Waals surface area contributed by atoms with E-state index >= 15 is 0 Å². The van der Waals surface area contributed by atoms with E-state index in [1.165, 1.54) is 0 Å². The van der Waals surface area contributed by atoms with Crippen LogP contribution >= 0.6 is 15.9 Å². The number of morpholine rings is 1. The number of hydrogen-bond donors (Lipinski definition) is 0. The number of hydrogen-bond acceptors (Lipinski definition) is 3. The molecule has 1 rings (SSSR count). The third-order valence-corrected chi connectivity index (χ3v) is 5.07. The summed E-state index contributed by atoms with van der Waals surface area (Å²) in [6.07, 6.45) is 1.64. The van der Waals surface area contributed by atoms with Crippen LogP contribution in [0, 0.1) is 0 Å². The van der Waals surface area contributed by atoms with Crippen molar-refractivity contribution in [2.75, 3.05) is 30.8 Å². The molecule has 0 saturated carbocycles. The van der Waals surface area contributed by atoms with Gasteiger partial charge < -0.3 is 4.74 Å². The van der Waals surface area contributed by atoms with Gasteiger partial charge in [0, 0.05) is 18.4 Å². The monoisotopic (exact) mass is 299 g/mol. The summed E-state index contributed by atoms with van der Waals surface area (Å²) in [7, 11) is -3.06. The van der Waals surface area contributed by atoms with E-state index in [0.717, 1.165) is 12.8 Å². The first-order valence-electron chi connectivity index (χ1n) is 5.25. The minimum absolute atomic E-state index is 0.00449. The highest BCUT2D eigenvalue weighted by Gasteiger charge is 2.28. The maximum absolute atomic E-state index is 11.9. The Labute approximate surface area is 100 Å². The molecule has 1 atom stereocenters. The third kappa shape index (κ3) is 4.01. The van der Waals surface area contributed by atoms with Crippen LogP contribution in [0.15, 0.2) is 0 Å². The van der Waals surface area contributed by atoms with Gasteiger partial charge in [-0.25, -0.2) is 8.42 Å². The summed E-state index contributed by atoms with van der Waals surface area (Å²) in [6.45, 7) is 3.48. The quantitative estimate of drug-likeness (QED) is 0.717. The normalized spacial score (nSPS) is 24.3. The number of rotatable bonds is 5. The van der Waals surface area contributed by atoms with Crippen molar-refractivity contribution < 1.29 is 13.2 Å². The standard InChI is InChI=1S/C9H18BrNO3S/c1-2-3-6-15(12,13)11-4-5-14-9(7-10)8-11/h9H,2-8H2,1H3. The Morgan fingerprint density at radius 3 is 2.87 bits per heavy atom. The number of sulfonamides is 1. The van der Waals surface area contributed by atoms with Gasteiger partial charge in [0.2, 0.25) is 10.0 Å². The van der Waals surface area contributed by atoms with E-state index < -0.39 is 10.0 Å². The van der Waals surface area contributed by atoms with Crippen molar-refractivity contribution in [3.05, 3.63) is 0 Å². The van der Waals surface area contributed by atoms with Gasteiger partial charge >= 0.3 is 0 Å². The Hall–Kier alpha value is 0.350. The summed E-state index contributed by atoms with van der Waals surface area (Å²) < 4.78 is 30.7. The molecule has 0 aromatic carbocycles. The molecule has 0 spiro atoms.